The van der Waals surface area contributed by atoms with Crippen molar-refractivity contribution in [3.63, 3.8) is 0 Å². The maximum Gasteiger partial charge on any atom is 0.328 e. The Morgan fingerprint density at radius 3 is 2.57 bits per heavy atom. The molecule has 28 heavy (non-hydrogen) atoms. The van der Waals surface area contributed by atoms with E-state index in [9.17, 15) is 18.0 Å². The fraction of sp³-hybridized carbons (Fsp3) is 0.211. The third kappa shape index (κ3) is 2.93. The molecule has 4 rings (SSSR count). The van der Waals surface area contributed by atoms with E-state index in [0.717, 1.165) is 16.6 Å². The summed E-state index contributed by atoms with van der Waals surface area (Å²) in [4.78, 5) is 24.4. The van der Waals surface area contributed by atoms with Gasteiger partial charge >= 0.3 is 5.69 Å². The van der Waals surface area contributed by atoms with Crippen molar-refractivity contribution in [3.05, 3.63) is 64.1 Å². The maximum atomic E-state index is 12.3. The topological polar surface area (TPSA) is 103 Å². The summed E-state index contributed by atoms with van der Waals surface area (Å²) in [6.07, 6.45) is 0.611. The highest BCUT2D eigenvalue weighted by Gasteiger charge is 2.29. The molecule has 0 fully saturated rings. The monoisotopic (exact) mass is 398 g/mol. The van der Waals surface area contributed by atoms with Gasteiger partial charge in [0.1, 0.15) is 4.90 Å². The first-order chi connectivity index (χ1) is 13.3. The Bertz CT molecular complexity index is 1320. The first kappa shape index (κ1) is 18.2. The number of hydrogen-bond donors (Lipinski definition) is 1. The number of nitrogens with one attached hydrogen (secondary N) is 1. The Morgan fingerprint density at radius 2 is 1.79 bits per heavy atom. The van der Waals surface area contributed by atoms with Crippen LogP contribution in [-0.4, -0.2) is 29.3 Å². The molecule has 2 aromatic carbocycles. The fourth-order valence-corrected chi connectivity index (χ4v) is 4.53. The van der Waals surface area contributed by atoms with E-state index in [4.69, 9.17) is 0 Å². The maximum absolute atomic E-state index is 12.3. The average Bonchev–Trinajstić information content (AvgIpc) is 3.06. The van der Waals surface area contributed by atoms with Crippen molar-refractivity contribution in [1.82, 2.24) is 14.5 Å². The Hall–Kier alpha value is -3.20. The van der Waals surface area contributed by atoms with E-state index in [2.05, 4.69) is 9.71 Å². The molecule has 144 valence electrons. The van der Waals surface area contributed by atoms with E-state index in [1.807, 2.05) is 18.2 Å². The first-order valence-corrected chi connectivity index (χ1v) is 10.1. The summed E-state index contributed by atoms with van der Waals surface area (Å²) in [6.45, 7) is 0. The van der Waals surface area contributed by atoms with E-state index in [0.29, 0.717) is 12.0 Å². The number of fused-ring (bicyclic) bond motifs is 2. The molecule has 0 spiro atoms. The van der Waals surface area contributed by atoms with E-state index >= 15 is 0 Å². The Morgan fingerprint density at radius 1 is 1.07 bits per heavy atom. The highest BCUT2D eigenvalue weighted by molar-refractivity contribution is 7.90. The molecule has 1 amide bonds. The largest absolute Gasteiger partial charge is 0.328 e. The van der Waals surface area contributed by atoms with E-state index in [1.54, 1.807) is 41.4 Å². The van der Waals surface area contributed by atoms with Gasteiger partial charge in [-0.05, 0) is 36.2 Å². The summed E-state index contributed by atoms with van der Waals surface area (Å²) in [5, 5.41) is 2.60. The third-order valence-corrected chi connectivity index (χ3v) is 6.20. The zero-order chi connectivity index (χ0) is 20.1. The van der Waals surface area contributed by atoms with Crippen LogP contribution in [0.1, 0.15) is 17.5 Å². The average molecular weight is 398 g/mol. The third-order valence-electron chi connectivity index (χ3n) is 4.87. The summed E-state index contributed by atoms with van der Waals surface area (Å²) in [7, 11) is -0.340. The van der Waals surface area contributed by atoms with Crippen molar-refractivity contribution in [3.8, 4) is 0 Å². The smallest absolute Gasteiger partial charge is 0.309 e. The number of nitrogens with zero attached hydrogens (tertiary/aromatic N) is 3. The number of aromatic nitrogens is 2. The van der Waals surface area contributed by atoms with Crippen LogP contribution < -0.4 is 11.0 Å². The number of aryl methyl sites for hydroxylation is 3. The minimum absolute atomic E-state index is 0.0570. The highest BCUT2D eigenvalue weighted by Crippen LogP contribution is 2.24. The lowest BCUT2D eigenvalue weighted by atomic mass is 10.1. The second-order valence-electron chi connectivity index (χ2n) is 6.68. The van der Waals surface area contributed by atoms with Crippen LogP contribution in [0.25, 0.3) is 11.0 Å². The number of rotatable bonds is 3. The predicted octanol–water partition coefficient (Wildman–Crippen LogP) is 1.07. The number of benzene rings is 2. The Kier molecular flexibility index (Phi) is 4.19. The van der Waals surface area contributed by atoms with Crippen LogP contribution in [0.2, 0.25) is 0 Å². The second-order valence-corrected chi connectivity index (χ2v) is 8.26. The molecule has 3 aromatic rings. The molecule has 1 N–H and O–H groups in total. The number of imidazole rings is 1. The van der Waals surface area contributed by atoms with Crippen molar-refractivity contribution in [2.75, 3.05) is 0 Å². The van der Waals surface area contributed by atoms with Gasteiger partial charge in [0.25, 0.3) is 10.0 Å². The zero-order valence-corrected chi connectivity index (χ0v) is 16.2. The molecule has 8 nitrogen and oxygen atoms in total. The van der Waals surface area contributed by atoms with Gasteiger partial charge in [0.2, 0.25) is 5.91 Å². The summed E-state index contributed by atoms with van der Waals surface area (Å²) >= 11 is 0. The number of carbonyl (C=O) groups excluding carboxylic acids is 1. The van der Waals surface area contributed by atoms with Gasteiger partial charge in [-0.2, -0.15) is 8.42 Å². The normalized spacial score (nSPS) is 14.7. The van der Waals surface area contributed by atoms with Crippen LogP contribution in [0.3, 0.4) is 0 Å². The SMILES string of the molecule is Cn1c(=O)n(C)c2cc(CCC(=O)NC3=NS(=O)(=O)c4ccccc43)ccc21. The van der Waals surface area contributed by atoms with Gasteiger partial charge < -0.3 is 5.32 Å². The van der Waals surface area contributed by atoms with Crippen LogP contribution in [0, 0.1) is 0 Å². The summed E-state index contributed by atoms with van der Waals surface area (Å²) in [5.41, 5.74) is 2.82. The lowest BCUT2D eigenvalue weighted by Gasteiger charge is -2.06. The van der Waals surface area contributed by atoms with Crippen LogP contribution in [-0.2, 0) is 35.3 Å². The fourth-order valence-electron chi connectivity index (χ4n) is 3.36. The highest BCUT2D eigenvalue weighted by atomic mass is 32.2. The van der Waals surface area contributed by atoms with Crippen molar-refractivity contribution < 1.29 is 13.2 Å². The molecular weight excluding hydrogens is 380 g/mol. The summed E-state index contributed by atoms with van der Waals surface area (Å²) < 4.78 is 30.9. The van der Waals surface area contributed by atoms with Crippen LogP contribution >= 0.6 is 0 Å². The standard InChI is InChI=1S/C19H18N4O4S/c1-22-14-9-7-12(11-15(14)23(2)19(22)25)8-10-17(24)20-18-13-5-3-4-6-16(13)28(26,27)21-18/h3-7,9,11H,8,10H2,1-2H3,(H,20,21,24). The number of carbonyl (C=O) groups is 1. The van der Waals surface area contributed by atoms with Gasteiger partial charge in [0.15, 0.2) is 5.84 Å². The molecular formula is C19H18N4O4S. The molecule has 0 atom stereocenters. The molecule has 1 aliphatic rings. The molecule has 0 saturated heterocycles. The minimum Gasteiger partial charge on any atom is -0.309 e. The van der Waals surface area contributed by atoms with Gasteiger partial charge in [-0.1, -0.05) is 18.2 Å². The van der Waals surface area contributed by atoms with Gasteiger partial charge in [0.05, 0.1) is 11.0 Å². The van der Waals surface area contributed by atoms with E-state index in [-0.39, 0.29) is 28.7 Å². The lowest BCUT2D eigenvalue weighted by Crippen LogP contribution is -2.30. The van der Waals surface area contributed by atoms with Gasteiger partial charge in [-0.3, -0.25) is 13.9 Å². The zero-order valence-electron chi connectivity index (χ0n) is 15.3. The van der Waals surface area contributed by atoms with Crippen molar-refractivity contribution in [2.24, 2.45) is 18.5 Å². The van der Waals surface area contributed by atoms with Crippen LogP contribution in [0.4, 0.5) is 0 Å². The van der Waals surface area contributed by atoms with Crippen molar-refractivity contribution >= 4 is 32.8 Å². The molecule has 0 aliphatic carbocycles. The summed E-state index contributed by atoms with van der Waals surface area (Å²) in [5.74, 6) is -0.269. The number of hydrogen-bond acceptors (Lipinski definition) is 4. The number of sulfonamides is 1. The Labute approximate surface area is 161 Å². The van der Waals surface area contributed by atoms with E-state index in [1.165, 1.54) is 6.07 Å². The van der Waals surface area contributed by atoms with Gasteiger partial charge in [0, 0.05) is 26.1 Å². The van der Waals surface area contributed by atoms with Gasteiger partial charge in [-0.25, -0.2) is 4.79 Å². The molecule has 0 bridgehead atoms. The molecule has 2 heterocycles. The van der Waals surface area contributed by atoms with Crippen molar-refractivity contribution in [1.29, 1.82) is 0 Å². The molecule has 9 heteroatoms. The molecule has 0 unspecified atom stereocenters. The summed E-state index contributed by atoms with van der Waals surface area (Å²) in [6, 6.07) is 12.0. The minimum atomic E-state index is -3.76. The molecule has 0 radical (unpaired) electrons. The number of amidine groups is 1. The predicted molar refractivity (Wildman–Crippen MR) is 105 cm³/mol. The quantitative estimate of drug-likeness (QED) is 0.713. The van der Waals surface area contributed by atoms with E-state index < -0.39 is 10.0 Å². The van der Waals surface area contributed by atoms with Crippen LogP contribution in [0.15, 0.2) is 56.6 Å². The molecule has 1 aromatic heterocycles. The number of amides is 1. The Balaban J connectivity index is 1.49. The molecule has 0 saturated carbocycles. The van der Waals surface area contributed by atoms with Crippen LogP contribution in [0.5, 0.6) is 0 Å². The first-order valence-electron chi connectivity index (χ1n) is 8.66. The second kappa shape index (κ2) is 6.45. The van der Waals surface area contributed by atoms with Gasteiger partial charge in [-0.15, -0.1) is 4.40 Å². The molecule has 1 aliphatic heterocycles. The lowest BCUT2D eigenvalue weighted by molar-refractivity contribution is -0.119. The van der Waals surface area contributed by atoms with Crippen molar-refractivity contribution in [2.45, 2.75) is 17.7 Å².